The van der Waals surface area contributed by atoms with Crippen molar-refractivity contribution in [1.29, 1.82) is 0 Å². The fourth-order valence-electron chi connectivity index (χ4n) is 0.129. The first-order valence-electron chi connectivity index (χ1n) is 3.18. The number of carboxylic acid groups (broad SMARTS) is 2. The highest BCUT2D eigenvalue weighted by atomic mass is 16.4. The summed E-state index contributed by atoms with van der Waals surface area (Å²) in [4.78, 5) is 18.9. The van der Waals surface area contributed by atoms with Gasteiger partial charge >= 0.3 is 11.9 Å². The molecule has 4 N–H and O–H groups in total. The van der Waals surface area contributed by atoms with Crippen LogP contribution in [0.3, 0.4) is 0 Å². The standard InChI is InChI=1S/C3H9N.C3H4O4/c1-2-3-4;4-2(5)1-3(6)7/h2-4H2,1H3;1H2,(H,4,5)(H,6,7). The molecule has 0 saturated carbocycles. The summed E-state index contributed by atoms with van der Waals surface area (Å²) in [6, 6.07) is 0. The van der Waals surface area contributed by atoms with Crippen LogP contribution in [0.1, 0.15) is 19.8 Å². The molecule has 11 heavy (non-hydrogen) atoms. The predicted octanol–water partition coefficient (Wildman–Crippen LogP) is -0.0992. The van der Waals surface area contributed by atoms with E-state index >= 15 is 0 Å². The van der Waals surface area contributed by atoms with Gasteiger partial charge < -0.3 is 15.9 Å². The van der Waals surface area contributed by atoms with E-state index in [1.807, 2.05) is 0 Å². The predicted molar refractivity (Wildman–Crippen MR) is 39.2 cm³/mol. The molecule has 0 rings (SSSR count). The molecule has 0 heterocycles. The Kier molecular flexibility index (Phi) is 10.2. The summed E-state index contributed by atoms with van der Waals surface area (Å²) in [6.45, 7) is 2.88. The number of nitrogens with two attached hydrogens (primary N) is 1. The summed E-state index contributed by atoms with van der Waals surface area (Å²) in [6.07, 6.45) is 0.292. The van der Waals surface area contributed by atoms with E-state index in [1.54, 1.807) is 0 Å². The number of rotatable bonds is 3. The monoisotopic (exact) mass is 163 g/mol. The van der Waals surface area contributed by atoms with Crippen molar-refractivity contribution in [2.45, 2.75) is 19.8 Å². The fraction of sp³-hybridized carbons (Fsp3) is 0.667. The number of hydrogen-bond acceptors (Lipinski definition) is 3. The third-order valence-electron chi connectivity index (χ3n) is 0.591. The molecule has 66 valence electrons. The van der Waals surface area contributed by atoms with Crippen molar-refractivity contribution in [2.24, 2.45) is 5.73 Å². The molecule has 0 unspecified atom stereocenters. The van der Waals surface area contributed by atoms with Gasteiger partial charge in [0.25, 0.3) is 0 Å². The summed E-state index contributed by atoms with van der Waals surface area (Å²) in [5, 5.41) is 15.4. The number of carboxylic acids is 2. The zero-order valence-corrected chi connectivity index (χ0v) is 6.41. The molecule has 0 bridgehead atoms. The summed E-state index contributed by atoms with van der Waals surface area (Å²) in [5.74, 6) is -2.62. The molecule has 0 saturated heterocycles. The zero-order valence-electron chi connectivity index (χ0n) is 6.41. The van der Waals surface area contributed by atoms with Crippen molar-refractivity contribution in [3.63, 3.8) is 0 Å². The van der Waals surface area contributed by atoms with Gasteiger partial charge in [-0.1, -0.05) is 6.92 Å². The first-order chi connectivity index (χ1) is 5.04. The molecule has 5 nitrogen and oxygen atoms in total. The lowest BCUT2D eigenvalue weighted by Crippen LogP contribution is -2.03. The molecule has 0 aromatic rings. The molecule has 0 aromatic heterocycles. The highest BCUT2D eigenvalue weighted by Crippen LogP contribution is 1.74. The van der Waals surface area contributed by atoms with Gasteiger partial charge in [-0.2, -0.15) is 0 Å². The molecule has 0 aromatic carbocycles. The molecular formula is C6H13NO4. The second-order valence-electron chi connectivity index (χ2n) is 1.75. The Hall–Kier alpha value is -1.10. The van der Waals surface area contributed by atoms with Crippen molar-refractivity contribution >= 4 is 11.9 Å². The van der Waals surface area contributed by atoms with Crippen LogP contribution in [0, 0.1) is 0 Å². The van der Waals surface area contributed by atoms with Gasteiger partial charge in [-0.3, -0.25) is 9.59 Å². The Morgan fingerprint density at radius 1 is 1.27 bits per heavy atom. The van der Waals surface area contributed by atoms with E-state index in [0.717, 1.165) is 13.0 Å². The van der Waals surface area contributed by atoms with Gasteiger partial charge in [-0.05, 0) is 13.0 Å². The van der Waals surface area contributed by atoms with E-state index in [0.29, 0.717) is 0 Å². The average molecular weight is 163 g/mol. The summed E-state index contributed by atoms with van der Waals surface area (Å²) in [7, 11) is 0. The van der Waals surface area contributed by atoms with E-state index in [2.05, 4.69) is 6.92 Å². The highest BCUT2D eigenvalue weighted by molar-refractivity contribution is 5.88. The molecule has 0 aliphatic carbocycles. The van der Waals surface area contributed by atoms with Gasteiger partial charge in [0.05, 0.1) is 0 Å². The maximum atomic E-state index is 9.43. The summed E-state index contributed by atoms with van der Waals surface area (Å²) in [5.41, 5.74) is 5.03. The summed E-state index contributed by atoms with van der Waals surface area (Å²) >= 11 is 0. The largest absolute Gasteiger partial charge is 0.481 e. The van der Waals surface area contributed by atoms with E-state index < -0.39 is 18.4 Å². The molecule has 5 heteroatoms. The van der Waals surface area contributed by atoms with Crippen molar-refractivity contribution < 1.29 is 19.8 Å². The van der Waals surface area contributed by atoms with Crippen LogP contribution >= 0.6 is 0 Å². The molecule has 0 aliphatic heterocycles. The van der Waals surface area contributed by atoms with Crippen LogP contribution in [0.2, 0.25) is 0 Å². The Morgan fingerprint density at radius 3 is 1.55 bits per heavy atom. The third-order valence-corrected chi connectivity index (χ3v) is 0.591. The van der Waals surface area contributed by atoms with Gasteiger partial charge in [0.2, 0.25) is 0 Å². The number of carbonyl (C=O) groups is 2. The topological polar surface area (TPSA) is 101 Å². The minimum atomic E-state index is -1.31. The van der Waals surface area contributed by atoms with Crippen molar-refractivity contribution in [3.8, 4) is 0 Å². The van der Waals surface area contributed by atoms with Crippen LogP contribution in [0.15, 0.2) is 0 Å². The lowest BCUT2D eigenvalue weighted by Gasteiger charge is -1.80. The van der Waals surface area contributed by atoms with E-state index in [-0.39, 0.29) is 0 Å². The normalized spacial score (nSPS) is 7.82. The first-order valence-corrected chi connectivity index (χ1v) is 3.18. The number of aliphatic carboxylic acids is 2. The van der Waals surface area contributed by atoms with Gasteiger partial charge in [0.1, 0.15) is 6.42 Å². The smallest absolute Gasteiger partial charge is 0.314 e. The molecule has 0 fully saturated rings. The molecule has 0 atom stereocenters. The highest BCUT2D eigenvalue weighted by Gasteiger charge is 2.01. The maximum Gasteiger partial charge on any atom is 0.314 e. The van der Waals surface area contributed by atoms with Crippen LogP contribution in [-0.4, -0.2) is 28.7 Å². The first kappa shape index (κ1) is 12.6. The van der Waals surface area contributed by atoms with Gasteiger partial charge in [-0.25, -0.2) is 0 Å². The lowest BCUT2D eigenvalue weighted by atomic mass is 10.5. The second kappa shape index (κ2) is 8.90. The summed E-state index contributed by atoms with van der Waals surface area (Å²) < 4.78 is 0. The van der Waals surface area contributed by atoms with E-state index in [9.17, 15) is 9.59 Å². The quantitative estimate of drug-likeness (QED) is 0.504. The van der Waals surface area contributed by atoms with Crippen LogP contribution < -0.4 is 5.73 Å². The fourth-order valence-corrected chi connectivity index (χ4v) is 0.129. The average Bonchev–Trinajstić information content (AvgIpc) is 1.85. The van der Waals surface area contributed by atoms with Crippen molar-refractivity contribution in [1.82, 2.24) is 0 Å². The van der Waals surface area contributed by atoms with Crippen molar-refractivity contribution in [3.05, 3.63) is 0 Å². The Morgan fingerprint density at radius 2 is 1.55 bits per heavy atom. The molecule has 0 radical (unpaired) electrons. The molecule has 0 amide bonds. The van der Waals surface area contributed by atoms with E-state index in [4.69, 9.17) is 15.9 Å². The zero-order chi connectivity index (χ0) is 9.28. The Bertz CT molecular complexity index is 110. The van der Waals surface area contributed by atoms with E-state index in [1.165, 1.54) is 0 Å². The second-order valence-corrected chi connectivity index (χ2v) is 1.75. The molecule has 0 spiro atoms. The minimum absolute atomic E-state index is 0.806. The van der Waals surface area contributed by atoms with Crippen LogP contribution in [0.4, 0.5) is 0 Å². The Labute approximate surface area is 64.8 Å². The Balaban J connectivity index is 0. The molecule has 0 aliphatic rings. The number of hydrogen-bond donors (Lipinski definition) is 3. The van der Waals surface area contributed by atoms with Crippen molar-refractivity contribution in [2.75, 3.05) is 6.54 Å². The lowest BCUT2D eigenvalue weighted by molar-refractivity contribution is -0.147. The molecular weight excluding hydrogens is 150 g/mol. The van der Waals surface area contributed by atoms with Crippen LogP contribution in [-0.2, 0) is 9.59 Å². The van der Waals surface area contributed by atoms with Gasteiger partial charge in [0.15, 0.2) is 0 Å². The minimum Gasteiger partial charge on any atom is -0.481 e. The van der Waals surface area contributed by atoms with Gasteiger partial charge in [0, 0.05) is 0 Å². The van der Waals surface area contributed by atoms with Gasteiger partial charge in [-0.15, -0.1) is 0 Å². The van der Waals surface area contributed by atoms with Crippen LogP contribution in [0.25, 0.3) is 0 Å². The maximum absolute atomic E-state index is 9.43. The third kappa shape index (κ3) is 27.9. The van der Waals surface area contributed by atoms with Crippen LogP contribution in [0.5, 0.6) is 0 Å². The SMILES string of the molecule is CCCN.O=C(O)CC(=O)O.